The van der Waals surface area contributed by atoms with Crippen molar-refractivity contribution in [3.63, 3.8) is 0 Å². The van der Waals surface area contributed by atoms with Crippen molar-refractivity contribution in [2.24, 2.45) is 0 Å². The highest BCUT2D eigenvalue weighted by Gasteiger charge is 2.28. The molecule has 0 amide bonds. The van der Waals surface area contributed by atoms with Crippen molar-refractivity contribution in [1.29, 1.82) is 0 Å². The molecule has 0 radical (unpaired) electrons. The number of anilines is 1. The first-order valence-corrected chi connectivity index (χ1v) is 9.64. The highest BCUT2D eigenvalue weighted by atomic mass is 32.2. The summed E-state index contributed by atoms with van der Waals surface area (Å²) in [6, 6.07) is 1.15. The van der Waals surface area contributed by atoms with Crippen molar-refractivity contribution in [3.8, 4) is 0 Å². The minimum absolute atomic E-state index is 0.0984. The molecule has 10 heteroatoms. The number of benzene rings is 1. The highest BCUT2D eigenvalue weighted by molar-refractivity contribution is 8.04. The van der Waals surface area contributed by atoms with Crippen LogP contribution in [-0.4, -0.2) is 44.6 Å². The highest BCUT2D eigenvalue weighted by Crippen LogP contribution is 2.44. The summed E-state index contributed by atoms with van der Waals surface area (Å²) in [5.74, 6) is -1.53. The minimum Gasteiger partial charge on any atom is -0.391 e. The number of rotatable bonds is 4. The van der Waals surface area contributed by atoms with Gasteiger partial charge < -0.3 is 24.8 Å². The predicted molar refractivity (Wildman–Crippen MR) is 83.8 cm³/mol. The molecule has 0 unspecified atom stereocenters. The Labute approximate surface area is 134 Å². The molecule has 1 aliphatic heterocycles. The number of aliphatic hydroxyl groups is 1. The summed E-state index contributed by atoms with van der Waals surface area (Å²) in [6.45, 7) is 0.491. The number of hydrogen-bond acceptors (Lipinski definition) is 4. The maximum atomic E-state index is 14.8. The van der Waals surface area contributed by atoms with Crippen molar-refractivity contribution in [3.05, 3.63) is 23.9 Å². The molecule has 1 aromatic heterocycles. The van der Waals surface area contributed by atoms with E-state index in [1.165, 1.54) is 11.1 Å². The molecule has 0 aliphatic carbocycles. The molecule has 23 heavy (non-hydrogen) atoms. The number of aromatic nitrogens is 1. The van der Waals surface area contributed by atoms with Crippen LogP contribution in [0, 0.1) is 11.6 Å². The van der Waals surface area contributed by atoms with Gasteiger partial charge in [0.2, 0.25) is 0 Å². The monoisotopic (exact) mass is 364 g/mol. The molecule has 126 valence electrons. The molecule has 1 saturated heterocycles. The fourth-order valence-electron chi connectivity index (χ4n) is 2.68. The van der Waals surface area contributed by atoms with Crippen LogP contribution in [-0.2, 0) is 4.57 Å². The van der Waals surface area contributed by atoms with Crippen LogP contribution in [0.4, 0.5) is 14.5 Å². The Bertz CT molecular complexity index is 794. The van der Waals surface area contributed by atoms with Crippen LogP contribution in [0.2, 0.25) is 0 Å². The smallest absolute Gasteiger partial charge is 0.335 e. The Hall–Kier alpha value is -1.12. The molecule has 1 fully saturated rings. The normalized spacial score (nSPS) is 19.0. The summed E-state index contributed by atoms with van der Waals surface area (Å²) in [4.78, 5) is 22.4. The van der Waals surface area contributed by atoms with Crippen LogP contribution in [0.3, 0.4) is 0 Å². The zero-order valence-electron chi connectivity index (χ0n) is 11.9. The van der Waals surface area contributed by atoms with Gasteiger partial charge in [0.1, 0.15) is 11.2 Å². The van der Waals surface area contributed by atoms with Gasteiger partial charge in [-0.2, -0.15) is 0 Å². The van der Waals surface area contributed by atoms with Crippen molar-refractivity contribution >= 4 is 35.9 Å². The second-order valence-corrected chi connectivity index (χ2v) is 8.51. The quantitative estimate of drug-likeness (QED) is 0.491. The van der Waals surface area contributed by atoms with Crippen molar-refractivity contribution in [2.45, 2.75) is 17.4 Å². The van der Waals surface area contributed by atoms with Gasteiger partial charge in [0, 0.05) is 30.2 Å². The van der Waals surface area contributed by atoms with E-state index in [0.29, 0.717) is 17.9 Å². The summed E-state index contributed by atoms with van der Waals surface area (Å²) < 4.78 is 40.0. The number of β-amino-alcohol motifs (C(OH)–C–C–N with tert-alkyl or cyclic N) is 1. The van der Waals surface area contributed by atoms with Gasteiger partial charge in [-0.1, -0.05) is 0 Å². The molecule has 4 N–H and O–H groups in total. The number of halogens is 2. The zero-order valence-corrected chi connectivity index (χ0v) is 13.6. The Morgan fingerprint density at radius 2 is 2.17 bits per heavy atom. The third kappa shape index (κ3) is 3.39. The number of fused-ring (bicyclic) bond motifs is 1. The van der Waals surface area contributed by atoms with E-state index in [2.05, 4.69) is 4.98 Å². The van der Waals surface area contributed by atoms with E-state index in [1.54, 1.807) is 0 Å². The molecule has 2 aromatic rings. The van der Waals surface area contributed by atoms with Crippen LogP contribution in [0.1, 0.15) is 6.42 Å². The summed E-state index contributed by atoms with van der Waals surface area (Å²) in [7, 11) is -4.24. The number of aliphatic hydroxyl groups excluding tert-OH is 1. The van der Waals surface area contributed by atoms with E-state index in [-0.39, 0.29) is 23.1 Å². The summed E-state index contributed by atoms with van der Waals surface area (Å²) >= 11 is 0.811. The average molecular weight is 364 g/mol. The Morgan fingerprint density at radius 3 is 2.78 bits per heavy atom. The molecule has 3 rings (SSSR count). The van der Waals surface area contributed by atoms with E-state index >= 15 is 0 Å². The maximum Gasteiger partial charge on any atom is 0.335 e. The molecule has 1 atom stereocenters. The summed E-state index contributed by atoms with van der Waals surface area (Å²) in [5.41, 5.74) is -0.488. The lowest BCUT2D eigenvalue weighted by atomic mass is 10.2. The fraction of sp³-hybridized carbons (Fsp3) is 0.385. The van der Waals surface area contributed by atoms with Gasteiger partial charge in [-0.15, -0.1) is 11.8 Å². The van der Waals surface area contributed by atoms with Crippen molar-refractivity contribution < 1.29 is 28.2 Å². The lowest BCUT2D eigenvalue weighted by Crippen LogP contribution is -2.23. The van der Waals surface area contributed by atoms with Gasteiger partial charge in [0.05, 0.1) is 17.0 Å². The van der Waals surface area contributed by atoms with Gasteiger partial charge in [0.25, 0.3) is 0 Å². The van der Waals surface area contributed by atoms with Crippen molar-refractivity contribution in [2.75, 3.05) is 23.5 Å². The lowest BCUT2D eigenvalue weighted by Gasteiger charge is -2.20. The largest absolute Gasteiger partial charge is 0.391 e. The molecule has 1 aromatic carbocycles. The topological polar surface area (TPSA) is 96.8 Å². The molecular formula is C13H15F2N2O4PS. The minimum atomic E-state index is -4.24. The Morgan fingerprint density at radius 1 is 1.43 bits per heavy atom. The van der Waals surface area contributed by atoms with Crippen LogP contribution < -0.4 is 4.90 Å². The molecule has 0 spiro atoms. The standard InChI is InChI=1S/C13H15F2N2O4PS/c14-8-3-9-11(10(4-16-9)23-6-22(19,20)21)12(15)13(8)17-2-1-7(18)5-17/h3-4,7,16,18H,1-2,5-6H2,(H2,19,20,21)/t7-/m0/s1. The van der Waals surface area contributed by atoms with Gasteiger partial charge in [0.15, 0.2) is 11.6 Å². The van der Waals surface area contributed by atoms with Crippen LogP contribution in [0.15, 0.2) is 17.2 Å². The predicted octanol–water partition coefficient (Wildman–Crippen LogP) is 2.24. The Balaban J connectivity index is 2.03. The summed E-state index contributed by atoms with van der Waals surface area (Å²) in [5, 5.41) is 9.66. The second kappa shape index (κ2) is 6.07. The maximum absolute atomic E-state index is 14.8. The summed E-state index contributed by atoms with van der Waals surface area (Å²) in [6.07, 6.45) is 1.21. The molecular weight excluding hydrogens is 349 g/mol. The number of hydrogen-bond donors (Lipinski definition) is 4. The van der Waals surface area contributed by atoms with Gasteiger partial charge in [-0.25, -0.2) is 8.78 Å². The van der Waals surface area contributed by atoms with Crippen LogP contribution in [0.5, 0.6) is 0 Å². The lowest BCUT2D eigenvalue weighted by molar-refractivity contribution is 0.198. The number of nitrogens with zero attached hydrogens (tertiary/aromatic N) is 1. The number of aromatic amines is 1. The second-order valence-electron chi connectivity index (χ2n) is 5.42. The van der Waals surface area contributed by atoms with Crippen molar-refractivity contribution in [1.82, 2.24) is 4.98 Å². The van der Waals surface area contributed by atoms with Crippen LogP contribution >= 0.6 is 19.4 Å². The third-order valence-corrected chi connectivity index (χ3v) is 6.16. The van der Waals surface area contributed by atoms with E-state index in [0.717, 1.165) is 17.8 Å². The van der Waals surface area contributed by atoms with Gasteiger partial charge in [-0.3, -0.25) is 4.57 Å². The molecule has 1 aliphatic rings. The van der Waals surface area contributed by atoms with E-state index in [1.807, 2.05) is 0 Å². The zero-order chi connectivity index (χ0) is 16.8. The molecule has 0 saturated carbocycles. The van der Waals surface area contributed by atoms with E-state index in [4.69, 9.17) is 9.79 Å². The molecule has 0 bridgehead atoms. The molecule has 6 nitrogen and oxygen atoms in total. The SMILES string of the molecule is O=P(O)(O)CSc1c[nH]c2cc(F)c(N3CC[C@H](O)C3)c(F)c12. The molecule has 2 heterocycles. The van der Waals surface area contributed by atoms with Gasteiger partial charge >= 0.3 is 7.60 Å². The van der Waals surface area contributed by atoms with Gasteiger partial charge in [-0.05, 0) is 6.42 Å². The number of nitrogens with one attached hydrogen (secondary N) is 1. The third-order valence-electron chi connectivity index (χ3n) is 3.67. The first-order valence-electron chi connectivity index (χ1n) is 6.86. The number of H-pyrrole nitrogens is 1. The average Bonchev–Trinajstić information content (AvgIpc) is 3.02. The van der Waals surface area contributed by atoms with E-state index < -0.39 is 30.8 Å². The first kappa shape index (κ1) is 16.7. The fourth-order valence-corrected chi connectivity index (χ4v) is 4.40. The van der Waals surface area contributed by atoms with E-state index in [9.17, 15) is 18.5 Å². The Kier molecular flexibility index (Phi) is 4.41. The number of thioether (sulfide) groups is 1. The first-order chi connectivity index (χ1) is 10.8. The van der Waals surface area contributed by atoms with Crippen LogP contribution in [0.25, 0.3) is 10.9 Å².